The number of anilines is 1. The summed E-state index contributed by atoms with van der Waals surface area (Å²) in [5.74, 6) is 0.644. The number of halogens is 1. The molecule has 0 unspecified atom stereocenters. The molecule has 0 spiro atoms. The van der Waals surface area contributed by atoms with Crippen LogP contribution in [-0.2, 0) is 0 Å². The number of rotatable bonds is 2. The molecule has 2 aliphatic rings. The van der Waals surface area contributed by atoms with Gasteiger partial charge in [0.2, 0.25) is 0 Å². The molecule has 3 aromatic rings. The van der Waals surface area contributed by atoms with Gasteiger partial charge in [-0.3, -0.25) is 10.1 Å². The molecule has 0 saturated carbocycles. The third-order valence-corrected chi connectivity index (χ3v) is 6.11. The van der Waals surface area contributed by atoms with E-state index < -0.39 is 4.92 Å². The number of benzene rings is 3. The number of hydrogen-bond acceptors (Lipinski definition) is 3. The highest BCUT2D eigenvalue weighted by Gasteiger charge is 2.39. The standard InChI is InChI=1S/C22H17ClN2O2/c23-19-11-9-14(12-20(19)25(26)27)21-17-7-3-6-16(17)18-10-8-13-4-1-2-5-15(13)22(18)24-21/h1-6,8-12,16-17,21,24H,7H2/t16-,17-,21+/m1/s1. The molecule has 3 atom stereocenters. The summed E-state index contributed by atoms with van der Waals surface area (Å²) >= 11 is 6.03. The fraction of sp³-hybridized carbons (Fsp3) is 0.182. The van der Waals surface area contributed by atoms with Crippen molar-refractivity contribution in [1.82, 2.24) is 0 Å². The Balaban J connectivity index is 1.67. The normalized spacial score (nSPS) is 22.9. The average molecular weight is 377 g/mol. The number of hydrogen-bond donors (Lipinski definition) is 1. The van der Waals surface area contributed by atoms with Gasteiger partial charge in [-0.15, -0.1) is 0 Å². The van der Waals surface area contributed by atoms with Gasteiger partial charge in [0.1, 0.15) is 5.02 Å². The van der Waals surface area contributed by atoms with Crippen LogP contribution in [0.4, 0.5) is 11.4 Å². The van der Waals surface area contributed by atoms with Crippen LogP contribution in [0.3, 0.4) is 0 Å². The van der Waals surface area contributed by atoms with Crippen LogP contribution in [0, 0.1) is 16.0 Å². The lowest BCUT2D eigenvalue weighted by Gasteiger charge is -2.38. The van der Waals surface area contributed by atoms with E-state index in [2.05, 4.69) is 41.7 Å². The molecule has 1 heterocycles. The minimum Gasteiger partial charge on any atom is -0.377 e. The zero-order valence-corrected chi connectivity index (χ0v) is 15.2. The topological polar surface area (TPSA) is 55.2 Å². The van der Waals surface area contributed by atoms with Crippen LogP contribution in [0.2, 0.25) is 5.02 Å². The molecule has 0 amide bonds. The van der Waals surface area contributed by atoms with E-state index in [1.54, 1.807) is 12.1 Å². The molecule has 0 radical (unpaired) electrons. The molecular weight excluding hydrogens is 360 g/mol. The van der Waals surface area contributed by atoms with Crippen molar-refractivity contribution in [3.8, 4) is 0 Å². The first kappa shape index (κ1) is 16.3. The van der Waals surface area contributed by atoms with E-state index in [4.69, 9.17) is 11.6 Å². The minimum absolute atomic E-state index is 0.000673. The molecule has 5 heteroatoms. The van der Waals surface area contributed by atoms with Crippen molar-refractivity contribution in [1.29, 1.82) is 0 Å². The second-order valence-electron chi connectivity index (χ2n) is 7.19. The van der Waals surface area contributed by atoms with Gasteiger partial charge < -0.3 is 5.32 Å². The minimum atomic E-state index is -0.414. The van der Waals surface area contributed by atoms with Crippen molar-refractivity contribution >= 4 is 33.7 Å². The molecule has 3 aromatic carbocycles. The molecule has 0 saturated heterocycles. The Morgan fingerprint density at radius 1 is 1.11 bits per heavy atom. The zero-order chi connectivity index (χ0) is 18.5. The van der Waals surface area contributed by atoms with Crippen molar-refractivity contribution < 1.29 is 4.92 Å². The lowest BCUT2D eigenvalue weighted by Crippen LogP contribution is -2.29. The van der Waals surface area contributed by atoms with Gasteiger partial charge in [0, 0.05) is 23.1 Å². The van der Waals surface area contributed by atoms with Gasteiger partial charge in [-0.05, 0) is 34.9 Å². The smallest absolute Gasteiger partial charge is 0.288 e. The third kappa shape index (κ3) is 2.52. The number of allylic oxidation sites excluding steroid dienone is 2. The first-order valence-electron chi connectivity index (χ1n) is 9.02. The predicted molar refractivity (Wildman–Crippen MR) is 108 cm³/mol. The number of nitro benzene ring substituents is 1. The van der Waals surface area contributed by atoms with E-state index in [-0.39, 0.29) is 16.8 Å². The number of fused-ring (bicyclic) bond motifs is 5. The molecule has 134 valence electrons. The fourth-order valence-electron chi connectivity index (χ4n) is 4.53. The highest BCUT2D eigenvalue weighted by atomic mass is 35.5. The van der Waals surface area contributed by atoms with E-state index >= 15 is 0 Å². The molecule has 0 fully saturated rings. The van der Waals surface area contributed by atoms with E-state index in [1.807, 2.05) is 18.2 Å². The maximum Gasteiger partial charge on any atom is 0.288 e. The van der Waals surface area contributed by atoms with Gasteiger partial charge in [0.15, 0.2) is 0 Å². The summed E-state index contributed by atoms with van der Waals surface area (Å²) in [6.07, 6.45) is 5.44. The summed E-state index contributed by atoms with van der Waals surface area (Å²) in [4.78, 5) is 10.9. The first-order valence-corrected chi connectivity index (χ1v) is 9.40. The van der Waals surface area contributed by atoms with Crippen molar-refractivity contribution in [2.24, 2.45) is 5.92 Å². The summed E-state index contributed by atoms with van der Waals surface area (Å²) in [7, 11) is 0. The van der Waals surface area contributed by atoms with Crippen LogP contribution in [0.1, 0.15) is 29.5 Å². The van der Waals surface area contributed by atoms with Crippen LogP contribution >= 0.6 is 11.6 Å². The Hall–Kier alpha value is -2.85. The van der Waals surface area contributed by atoms with Crippen molar-refractivity contribution in [3.63, 3.8) is 0 Å². The van der Waals surface area contributed by atoms with Crippen molar-refractivity contribution in [2.75, 3.05) is 5.32 Å². The monoisotopic (exact) mass is 376 g/mol. The van der Waals surface area contributed by atoms with Gasteiger partial charge >= 0.3 is 0 Å². The maximum absolute atomic E-state index is 11.3. The Kier molecular flexibility index (Phi) is 3.69. The fourth-order valence-corrected chi connectivity index (χ4v) is 4.72. The second kappa shape index (κ2) is 6.10. The highest BCUT2D eigenvalue weighted by molar-refractivity contribution is 6.32. The number of nitrogens with one attached hydrogen (secondary N) is 1. The Bertz CT molecular complexity index is 1110. The van der Waals surface area contributed by atoms with Gasteiger partial charge in [0.25, 0.3) is 5.69 Å². The van der Waals surface area contributed by atoms with Crippen LogP contribution < -0.4 is 5.32 Å². The molecule has 1 aliphatic carbocycles. The second-order valence-corrected chi connectivity index (χ2v) is 7.60. The van der Waals surface area contributed by atoms with Crippen LogP contribution in [0.25, 0.3) is 10.8 Å². The van der Waals surface area contributed by atoms with Gasteiger partial charge in [0.05, 0.1) is 11.0 Å². The lowest BCUT2D eigenvalue weighted by atomic mass is 9.76. The number of nitro groups is 1. The van der Waals surface area contributed by atoms with Crippen molar-refractivity contribution in [3.05, 3.63) is 93.0 Å². The summed E-state index contributed by atoms with van der Waals surface area (Å²) in [6, 6.07) is 17.8. The van der Waals surface area contributed by atoms with E-state index in [0.29, 0.717) is 11.8 Å². The molecule has 27 heavy (non-hydrogen) atoms. The Morgan fingerprint density at radius 3 is 2.81 bits per heavy atom. The lowest BCUT2D eigenvalue weighted by molar-refractivity contribution is -0.384. The molecule has 0 bridgehead atoms. The highest BCUT2D eigenvalue weighted by Crippen LogP contribution is 2.51. The first-order chi connectivity index (χ1) is 13.1. The summed E-state index contributed by atoms with van der Waals surface area (Å²) in [5.41, 5.74) is 3.29. The Labute approximate surface area is 161 Å². The maximum atomic E-state index is 11.3. The number of nitrogens with zero attached hydrogens (tertiary/aromatic N) is 1. The van der Waals surface area contributed by atoms with E-state index in [0.717, 1.165) is 17.7 Å². The van der Waals surface area contributed by atoms with Crippen molar-refractivity contribution in [2.45, 2.75) is 18.4 Å². The van der Waals surface area contributed by atoms with E-state index in [9.17, 15) is 10.1 Å². The van der Waals surface area contributed by atoms with Gasteiger partial charge in [-0.1, -0.05) is 66.2 Å². The quantitative estimate of drug-likeness (QED) is 0.327. The summed E-state index contributed by atoms with van der Waals surface area (Å²) < 4.78 is 0. The predicted octanol–water partition coefficient (Wildman–Crippen LogP) is 6.23. The molecule has 1 aliphatic heterocycles. The SMILES string of the molecule is O=[N+]([O-])c1cc([C@@H]2Nc3c(ccc4ccccc34)[C@@H]3C=CC[C@H]32)ccc1Cl. The van der Waals surface area contributed by atoms with Crippen LogP contribution in [0.15, 0.2) is 66.7 Å². The molecule has 0 aromatic heterocycles. The van der Waals surface area contributed by atoms with Gasteiger partial charge in [-0.25, -0.2) is 0 Å². The summed E-state index contributed by atoms with van der Waals surface area (Å²) in [5, 5.41) is 17.6. The summed E-state index contributed by atoms with van der Waals surface area (Å²) in [6.45, 7) is 0. The van der Waals surface area contributed by atoms with Gasteiger partial charge in [-0.2, -0.15) is 0 Å². The van der Waals surface area contributed by atoms with E-state index in [1.165, 1.54) is 16.3 Å². The third-order valence-electron chi connectivity index (χ3n) is 5.79. The molecular formula is C22H17ClN2O2. The molecule has 5 rings (SSSR count). The zero-order valence-electron chi connectivity index (χ0n) is 14.4. The van der Waals surface area contributed by atoms with Crippen LogP contribution in [0.5, 0.6) is 0 Å². The molecule has 4 nitrogen and oxygen atoms in total. The molecule has 1 N–H and O–H groups in total. The average Bonchev–Trinajstić information content (AvgIpc) is 3.17. The largest absolute Gasteiger partial charge is 0.377 e. The Morgan fingerprint density at radius 2 is 1.96 bits per heavy atom. The van der Waals surface area contributed by atoms with Crippen LogP contribution in [-0.4, -0.2) is 4.92 Å².